The molecule has 9 nitrogen and oxygen atoms in total. The molecule has 6 aliphatic rings. The molecule has 5 saturated carbocycles. The number of hydrogen-bond donors (Lipinski definition) is 2. The lowest BCUT2D eigenvalue weighted by atomic mass is 9.53. The second kappa shape index (κ2) is 14.5. The third-order valence-corrected chi connectivity index (χ3v) is 13.3. The van der Waals surface area contributed by atoms with Gasteiger partial charge < -0.3 is 15.4 Å². The zero-order chi connectivity index (χ0) is 34.9. The summed E-state index contributed by atoms with van der Waals surface area (Å²) in [6, 6.07) is 16.8. The van der Waals surface area contributed by atoms with Gasteiger partial charge in [0.05, 0.1) is 4.90 Å². The molecule has 10 heteroatoms. The fraction of sp³-hybridized carbons (Fsp3) is 0.600. The molecular weight excluding hydrogens is 653 g/mol. The van der Waals surface area contributed by atoms with Gasteiger partial charge in [-0.2, -0.15) is 9.78 Å². The van der Waals surface area contributed by atoms with Crippen LogP contribution in [0.4, 0.5) is 0 Å². The van der Waals surface area contributed by atoms with Crippen LogP contribution in [0.15, 0.2) is 77.0 Å². The topological polar surface area (TPSA) is 120 Å². The number of ether oxygens (including phenoxy) is 1. The van der Waals surface area contributed by atoms with Crippen molar-refractivity contribution in [3.8, 4) is 0 Å². The van der Waals surface area contributed by atoms with E-state index >= 15 is 0 Å². The summed E-state index contributed by atoms with van der Waals surface area (Å²) in [5.41, 5.74) is 1.09. The summed E-state index contributed by atoms with van der Waals surface area (Å²) in [4.78, 5) is 40.0. The Morgan fingerprint density at radius 3 is 2.10 bits per heavy atom. The Kier molecular flexibility index (Phi) is 10.3. The van der Waals surface area contributed by atoms with Crippen molar-refractivity contribution in [2.45, 2.75) is 119 Å². The van der Waals surface area contributed by atoms with Crippen LogP contribution in [-0.4, -0.2) is 43.9 Å². The largest absolute Gasteiger partial charge is 0.348 e. The molecule has 0 unspecified atom stereocenters. The molecule has 8 rings (SSSR count). The lowest BCUT2D eigenvalue weighted by Crippen LogP contribution is -2.59. The van der Waals surface area contributed by atoms with Gasteiger partial charge in [-0.25, -0.2) is 8.42 Å². The van der Waals surface area contributed by atoms with Crippen LogP contribution >= 0.6 is 0 Å². The summed E-state index contributed by atoms with van der Waals surface area (Å²) >= 11 is 0. The maximum atomic E-state index is 13.8. The average molecular weight is 705 g/mol. The fourth-order valence-corrected chi connectivity index (χ4v) is 10.6. The van der Waals surface area contributed by atoms with Crippen LogP contribution in [0.5, 0.6) is 0 Å². The van der Waals surface area contributed by atoms with Gasteiger partial charge >= 0.3 is 0 Å². The van der Waals surface area contributed by atoms with E-state index in [-0.39, 0.29) is 28.5 Å². The molecule has 2 N–H and O–H groups in total. The van der Waals surface area contributed by atoms with Gasteiger partial charge in [0.2, 0.25) is 23.4 Å². The molecule has 4 bridgehead atoms. The maximum absolute atomic E-state index is 13.8. The lowest BCUT2D eigenvalue weighted by molar-refractivity contribution is -0.390. The number of hydrogen-bond acceptors (Lipinski definition) is 7. The van der Waals surface area contributed by atoms with Gasteiger partial charge in [-0.05, 0) is 99.7 Å². The van der Waals surface area contributed by atoms with E-state index in [1.54, 1.807) is 36.4 Å². The first-order chi connectivity index (χ1) is 24.0. The highest BCUT2D eigenvalue weighted by Crippen LogP contribution is 2.63. The molecule has 1 saturated heterocycles. The van der Waals surface area contributed by atoms with Crippen LogP contribution in [0, 0.1) is 35.5 Å². The zero-order valence-corrected chi connectivity index (χ0v) is 30.1. The molecule has 5 aliphatic carbocycles. The third kappa shape index (κ3) is 7.59. The maximum Gasteiger partial charge on any atom is 0.243 e. The molecule has 0 aromatic heterocycles. The number of nitrogens with one attached hydrogen (secondary N) is 2. The van der Waals surface area contributed by atoms with E-state index in [1.165, 1.54) is 11.8 Å². The number of benzene rings is 2. The second-order valence-corrected chi connectivity index (χ2v) is 17.8. The Bertz CT molecular complexity index is 1610. The van der Waals surface area contributed by atoms with Crippen molar-refractivity contribution in [2.75, 3.05) is 0 Å². The highest BCUT2D eigenvalue weighted by molar-refractivity contribution is 7.94. The van der Waals surface area contributed by atoms with Gasteiger partial charge in [-0.1, -0.05) is 68.5 Å². The Morgan fingerprint density at radius 1 is 0.860 bits per heavy atom. The summed E-state index contributed by atoms with van der Waals surface area (Å²) in [7, 11) is -3.70. The summed E-state index contributed by atoms with van der Waals surface area (Å²) in [5, 5.41) is 7.31. The molecule has 1 heterocycles. The van der Waals surface area contributed by atoms with Gasteiger partial charge in [0, 0.05) is 42.0 Å². The first kappa shape index (κ1) is 35.4. The number of carbonyl (C=O) groups excluding carboxylic acids is 2. The normalized spacial score (nSPS) is 32.9. The lowest BCUT2D eigenvalue weighted by Gasteiger charge is -2.57. The highest BCUT2D eigenvalue weighted by Gasteiger charge is 2.67. The predicted molar refractivity (Wildman–Crippen MR) is 189 cm³/mol. The summed E-state index contributed by atoms with van der Waals surface area (Å²) in [6.07, 6.45) is 11.4. The minimum atomic E-state index is -3.70. The fourth-order valence-electron chi connectivity index (χ4n) is 9.46. The van der Waals surface area contributed by atoms with Crippen LogP contribution in [0.3, 0.4) is 0 Å². The molecule has 1 aliphatic heterocycles. The van der Waals surface area contributed by atoms with Crippen molar-refractivity contribution in [1.82, 2.24) is 10.6 Å². The van der Waals surface area contributed by atoms with E-state index in [0.717, 1.165) is 43.1 Å². The Balaban J connectivity index is 0.984. The van der Waals surface area contributed by atoms with Crippen molar-refractivity contribution >= 4 is 21.7 Å². The van der Waals surface area contributed by atoms with Gasteiger partial charge in [-0.15, -0.1) is 0 Å². The summed E-state index contributed by atoms with van der Waals surface area (Å²) in [5.74, 6) is 0.333. The molecule has 2 atom stereocenters. The third-order valence-electron chi connectivity index (χ3n) is 11.9. The number of sulfone groups is 1. The van der Waals surface area contributed by atoms with E-state index in [2.05, 4.69) is 10.6 Å². The van der Waals surface area contributed by atoms with Gasteiger partial charge in [-0.3, -0.25) is 9.59 Å². The van der Waals surface area contributed by atoms with Crippen LogP contribution < -0.4 is 10.6 Å². The molecule has 2 aromatic rings. The summed E-state index contributed by atoms with van der Waals surface area (Å²) < 4.78 is 33.0. The monoisotopic (exact) mass is 704 g/mol. The molecule has 0 radical (unpaired) electrons. The van der Waals surface area contributed by atoms with Crippen LogP contribution in [0.1, 0.15) is 90.0 Å². The Morgan fingerprint density at radius 2 is 1.48 bits per heavy atom. The average Bonchev–Trinajstić information content (AvgIpc) is 3.48. The van der Waals surface area contributed by atoms with Gasteiger partial charge in [0.25, 0.3) is 0 Å². The predicted octanol–water partition coefficient (Wildman–Crippen LogP) is 6.64. The van der Waals surface area contributed by atoms with E-state index in [9.17, 15) is 18.0 Å². The minimum Gasteiger partial charge on any atom is -0.348 e. The Hall–Kier alpha value is -3.05. The van der Waals surface area contributed by atoms with Crippen molar-refractivity contribution in [1.29, 1.82) is 0 Å². The number of aryl methyl sites for hydroxylation is 1. The SMILES string of the molecule is CC(C)C[C@H](NC(=O)C1CCC2(CC1)OOC1(O2)C2CC3CC(C2)CC1C3)C(=O)N[C@H](/C=C/S(=O)(=O)c1ccccc1)CCc1ccccc1. The van der Waals surface area contributed by atoms with Gasteiger partial charge in [0.15, 0.2) is 9.84 Å². The molecule has 2 spiro atoms. The minimum absolute atomic E-state index is 0.145. The standard InChI is InChI=1S/C40H52N2O7S/c1-27(2)21-36(38(44)41-34(14-13-28-9-5-3-6-10-28)17-20-50(45,46)35-11-7-4-8-12-35)42-37(43)31-15-18-39(19-16-31)47-40(49-48-39)32-23-29-22-30(25-32)26-33(40)24-29/h3-12,17,20,27,29-34,36H,13-16,18-19,21-26H2,1-2H3,(H,41,44)(H,42,43)/b20-17+/t29?,30?,31?,32?,33?,34-,36-,39?,40?/m0/s1. The summed E-state index contributed by atoms with van der Waals surface area (Å²) in [6.45, 7) is 4.04. The van der Waals surface area contributed by atoms with E-state index in [0.29, 0.717) is 56.8 Å². The van der Waals surface area contributed by atoms with Crippen molar-refractivity contribution in [3.05, 3.63) is 77.7 Å². The van der Waals surface area contributed by atoms with Gasteiger partial charge in [0.1, 0.15) is 6.04 Å². The first-order valence-electron chi connectivity index (χ1n) is 18.7. The molecule has 50 heavy (non-hydrogen) atoms. The Labute approximate surface area is 296 Å². The van der Waals surface area contributed by atoms with Crippen LogP contribution in [0.2, 0.25) is 0 Å². The number of carbonyl (C=O) groups is 2. The molecule has 6 fully saturated rings. The van der Waals surface area contributed by atoms with Crippen LogP contribution in [0.25, 0.3) is 0 Å². The molecule has 270 valence electrons. The first-order valence-corrected chi connectivity index (χ1v) is 20.3. The second-order valence-electron chi connectivity index (χ2n) is 16.0. The van der Waals surface area contributed by atoms with Crippen molar-refractivity contribution in [3.63, 3.8) is 0 Å². The van der Waals surface area contributed by atoms with Crippen LogP contribution in [-0.2, 0) is 40.4 Å². The number of amides is 2. The smallest absolute Gasteiger partial charge is 0.243 e. The zero-order valence-electron chi connectivity index (χ0n) is 29.3. The quantitative estimate of drug-likeness (QED) is 0.238. The van der Waals surface area contributed by atoms with Crippen molar-refractivity contribution < 1.29 is 32.5 Å². The molecule has 2 aromatic carbocycles. The number of rotatable bonds is 12. The highest BCUT2D eigenvalue weighted by atomic mass is 32.2. The molecule has 2 amide bonds. The molecular formula is C40H52N2O7S. The van der Waals surface area contributed by atoms with E-state index < -0.39 is 33.5 Å². The van der Waals surface area contributed by atoms with E-state index in [4.69, 9.17) is 14.5 Å². The van der Waals surface area contributed by atoms with E-state index in [1.807, 2.05) is 44.2 Å². The van der Waals surface area contributed by atoms with Crippen molar-refractivity contribution in [2.24, 2.45) is 35.5 Å².